The zero-order valence-electron chi connectivity index (χ0n) is 18.6. The molecule has 2 aromatic rings. The van der Waals surface area contributed by atoms with Gasteiger partial charge in [0, 0.05) is 32.5 Å². The fraction of sp³-hybridized carbons (Fsp3) is 0.360. The fourth-order valence-electron chi connectivity index (χ4n) is 4.46. The molecular weight excluding hydrogens is 420 g/mol. The minimum absolute atomic E-state index is 0.0712. The lowest BCUT2D eigenvalue weighted by atomic mass is 9.96. The van der Waals surface area contributed by atoms with Gasteiger partial charge in [0.2, 0.25) is 17.7 Å². The van der Waals surface area contributed by atoms with Crippen LogP contribution < -0.4 is 10.6 Å². The number of imide groups is 1. The van der Waals surface area contributed by atoms with Crippen LogP contribution in [0.4, 0.5) is 4.79 Å². The maximum atomic E-state index is 13.4. The number of hydrogen-bond acceptors (Lipinski definition) is 4. The molecule has 0 aromatic heterocycles. The SMILES string of the molecule is CCN1CCN(C(=O)[C@H]2CCC(=O)NC(=O)N2)[C@@H](Cc2cccc(-c3ccccc3)c2)C1=O. The minimum Gasteiger partial charge on any atom is -0.339 e. The predicted octanol–water partition coefficient (Wildman–Crippen LogP) is 1.94. The first-order valence-electron chi connectivity index (χ1n) is 11.3. The number of nitrogens with one attached hydrogen (secondary N) is 2. The monoisotopic (exact) mass is 448 g/mol. The number of likely N-dealkylation sites (N-methyl/N-ethyl adjacent to an activating group) is 1. The van der Waals surface area contributed by atoms with Gasteiger partial charge in [0.1, 0.15) is 12.1 Å². The molecule has 33 heavy (non-hydrogen) atoms. The van der Waals surface area contributed by atoms with Crippen LogP contribution in [0.3, 0.4) is 0 Å². The van der Waals surface area contributed by atoms with Crippen molar-refractivity contribution in [3.8, 4) is 11.1 Å². The Labute approximate surface area is 192 Å². The van der Waals surface area contributed by atoms with E-state index in [1.165, 1.54) is 0 Å². The van der Waals surface area contributed by atoms with Crippen molar-refractivity contribution in [2.24, 2.45) is 0 Å². The summed E-state index contributed by atoms with van der Waals surface area (Å²) in [6, 6.07) is 15.8. The van der Waals surface area contributed by atoms with Gasteiger partial charge in [-0.2, -0.15) is 0 Å². The zero-order chi connectivity index (χ0) is 23.4. The molecule has 2 aliphatic rings. The summed E-state index contributed by atoms with van der Waals surface area (Å²) in [5.74, 6) is -0.839. The quantitative estimate of drug-likeness (QED) is 0.730. The van der Waals surface area contributed by atoms with E-state index in [0.717, 1.165) is 16.7 Å². The summed E-state index contributed by atoms with van der Waals surface area (Å²) in [4.78, 5) is 53.6. The molecule has 0 spiro atoms. The highest BCUT2D eigenvalue weighted by atomic mass is 16.2. The molecule has 2 aromatic carbocycles. The Hall–Kier alpha value is -3.68. The maximum Gasteiger partial charge on any atom is 0.322 e. The van der Waals surface area contributed by atoms with E-state index in [1.54, 1.807) is 9.80 Å². The van der Waals surface area contributed by atoms with E-state index in [-0.39, 0.29) is 24.7 Å². The Morgan fingerprint density at radius 2 is 1.76 bits per heavy atom. The summed E-state index contributed by atoms with van der Waals surface area (Å²) >= 11 is 0. The third kappa shape index (κ3) is 5.05. The van der Waals surface area contributed by atoms with Crippen molar-refractivity contribution in [3.63, 3.8) is 0 Å². The van der Waals surface area contributed by atoms with E-state index < -0.39 is 24.0 Å². The number of urea groups is 1. The Morgan fingerprint density at radius 1 is 1.00 bits per heavy atom. The van der Waals surface area contributed by atoms with E-state index in [9.17, 15) is 19.2 Å². The second-order valence-corrected chi connectivity index (χ2v) is 8.35. The molecule has 2 fully saturated rings. The number of piperazine rings is 1. The summed E-state index contributed by atoms with van der Waals surface area (Å²) in [7, 11) is 0. The standard InChI is InChI=1S/C25H28N4O4/c1-2-28-13-14-29(23(31)20-11-12-22(30)27-25(33)26-20)21(24(28)32)16-17-7-6-10-19(15-17)18-8-4-3-5-9-18/h3-10,15,20-21H,2,11-14,16H2,1H3,(H2,26,27,30,33)/t20-,21+/m1/s1. The summed E-state index contributed by atoms with van der Waals surface area (Å²) in [5, 5.41) is 4.77. The van der Waals surface area contributed by atoms with Gasteiger partial charge in [-0.15, -0.1) is 0 Å². The van der Waals surface area contributed by atoms with Crippen LogP contribution in [0.2, 0.25) is 0 Å². The Balaban J connectivity index is 1.59. The number of hydrogen-bond donors (Lipinski definition) is 2. The summed E-state index contributed by atoms with van der Waals surface area (Å²) < 4.78 is 0. The van der Waals surface area contributed by atoms with Crippen LogP contribution in [-0.2, 0) is 20.8 Å². The predicted molar refractivity (Wildman–Crippen MR) is 123 cm³/mol. The van der Waals surface area contributed by atoms with Crippen molar-refractivity contribution in [2.75, 3.05) is 19.6 Å². The average Bonchev–Trinajstić information content (AvgIpc) is 3.00. The normalized spacial score (nSPS) is 21.3. The number of amides is 5. The average molecular weight is 449 g/mol. The molecule has 4 rings (SSSR count). The van der Waals surface area contributed by atoms with Gasteiger partial charge in [-0.25, -0.2) is 4.79 Å². The third-order valence-electron chi connectivity index (χ3n) is 6.23. The lowest BCUT2D eigenvalue weighted by Crippen LogP contribution is -2.62. The van der Waals surface area contributed by atoms with Crippen LogP contribution in [0.25, 0.3) is 11.1 Å². The van der Waals surface area contributed by atoms with E-state index in [1.807, 2.05) is 61.5 Å². The molecule has 0 unspecified atom stereocenters. The molecule has 2 saturated heterocycles. The van der Waals surface area contributed by atoms with E-state index in [2.05, 4.69) is 10.6 Å². The van der Waals surface area contributed by atoms with Crippen molar-refractivity contribution in [3.05, 3.63) is 60.2 Å². The lowest BCUT2D eigenvalue weighted by molar-refractivity contribution is -0.152. The Bertz CT molecular complexity index is 1060. The molecule has 8 nitrogen and oxygen atoms in total. The van der Waals surface area contributed by atoms with Crippen molar-refractivity contribution in [1.82, 2.24) is 20.4 Å². The topological polar surface area (TPSA) is 98.8 Å². The minimum atomic E-state index is -0.837. The molecule has 2 heterocycles. The smallest absolute Gasteiger partial charge is 0.322 e. The van der Waals surface area contributed by atoms with Gasteiger partial charge < -0.3 is 15.1 Å². The third-order valence-corrected chi connectivity index (χ3v) is 6.23. The molecule has 0 bridgehead atoms. The molecule has 8 heteroatoms. The molecule has 2 atom stereocenters. The van der Waals surface area contributed by atoms with Crippen molar-refractivity contribution < 1.29 is 19.2 Å². The highest BCUT2D eigenvalue weighted by molar-refractivity contribution is 5.99. The zero-order valence-corrected chi connectivity index (χ0v) is 18.6. The second-order valence-electron chi connectivity index (χ2n) is 8.35. The summed E-state index contributed by atoms with van der Waals surface area (Å²) in [6.07, 6.45) is 0.649. The highest BCUT2D eigenvalue weighted by Crippen LogP contribution is 2.23. The Morgan fingerprint density at radius 3 is 2.52 bits per heavy atom. The first-order chi connectivity index (χ1) is 16.0. The molecule has 0 saturated carbocycles. The van der Waals surface area contributed by atoms with E-state index in [4.69, 9.17) is 0 Å². The van der Waals surface area contributed by atoms with E-state index >= 15 is 0 Å². The largest absolute Gasteiger partial charge is 0.339 e. The van der Waals surface area contributed by atoms with Crippen molar-refractivity contribution >= 4 is 23.8 Å². The van der Waals surface area contributed by atoms with Crippen LogP contribution in [-0.4, -0.2) is 65.3 Å². The van der Waals surface area contributed by atoms with Crippen molar-refractivity contribution in [2.45, 2.75) is 38.3 Å². The van der Waals surface area contributed by atoms with Gasteiger partial charge in [-0.05, 0) is 30.0 Å². The number of benzene rings is 2. The van der Waals surface area contributed by atoms with Crippen LogP contribution in [0.5, 0.6) is 0 Å². The van der Waals surface area contributed by atoms with Crippen LogP contribution in [0.1, 0.15) is 25.3 Å². The van der Waals surface area contributed by atoms with Gasteiger partial charge >= 0.3 is 6.03 Å². The van der Waals surface area contributed by atoms with Gasteiger partial charge in [0.05, 0.1) is 0 Å². The van der Waals surface area contributed by atoms with Crippen molar-refractivity contribution in [1.29, 1.82) is 0 Å². The number of rotatable bonds is 5. The highest BCUT2D eigenvalue weighted by Gasteiger charge is 2.40. The molecule has 0 aliphatic carbocycles. The molecule has 5 amide bonds. The second kappa shape index (κ2) is 9.85. The molecular formula is C25H28N4O4. The van der Waals surface area contributed by atoms with Crippen LogP contribution >= 0.6 is 0 Å². The van der Waals surface area contributed by atoms with E-state index in [0.29, 0.717) is 26.1 Å². The Kier molecular flexibility index (Phi) is 6.72. The summed E-state index contributed by atoms with van der Waals surface area (Å²) in [5.41, 5.74) is 3.07. The molecule has 0 radical (unpaired) electrons. The number of nitrogens with zero attached hydrogens (tertiary/aromatic N) is 2. The van der Waals surface area contributed by atoms with Gasteiger partial charge in [0.15, 0.2) is 0 Å². The lowest BCUT2D eigenvalue weighted by Gasteiger charge is -2.41. The fourth-order valence-corrected chi connectivity index (χ4v) is 4.46. The first kappa shape index (κ1) is 22.5. The van der Waals surface area contributed by atoms with Crippen LogP contribution in [0.15, 0.2) is 54.6 Å². The molecule has 2 N–H and O–H groups in total. The summed E-state index contributed by atoms with van der Waals surface area (Å²) in [6.45, 7) is 3.32. The van der Waals surface area contributed by atoms with Gasteiger partial charge in [0.25, 0.3) is 0 Å². The first-order valence-corrected chi connectivity index (χ1v) is 11.3. The molecule has 172 valence electrons. The van der Waals surface area contributed by atoms with Gasteiger partial charge in [-0.1, -0.05) is 54.6 Å². The number of carbonyl (C=O) groups excluding carboxylic acids is 4. The van der Waals surface area contributed by atoms with Crippen LogP contribution in [0, 0.1) is 0 Å². The van der Waals surface area contributed by atoms with Gasteiger partial charge in [-0.3, -0.25) is 19.7 Å². The number of carbonyl (C=O) groups is 4. The maximum absolute atomic E-state index is 13.4. The molecule has 2 aliphatic heterocycles.